The molecule has 0 aliphatic carbocycles. The van der Waals surface area contributed by atoms with E-state index >= 15 is 0 Å². The third kappa shape index (κ3) is 52.4. The van der Waals surface area contributed by atoms with E-state index in [2.05, 4.69) is 142 Å². The Labute approximate surface area is 411 Å². The van der Waals surface area contributed by atoms with Crippen LogP contribution in [-0.2, 0) is 28.6 Å². The predicted molar refractivity (Wildman–Crippen MR) is 288 cm³/mol. The summed E-state index contributed by atoms with van der Waals surface area (Å²) in [6.07, 6.45) is 76.0. The molecular weight excluding hydrogens is 829 g/mol. The Balaban J connectivity index is 4.58. The smallest absolute Gasteiger partial charge is 0.309 e. The highest BCUT2D eigenvalue weighted by Gasteiger charge is 2.19. The van der Waals surface area contributed by atoms with Crippen LogP contribution in [0.5, 0.6) is 0 Å². The van der Waals surface area contributed by atoms with E-state index in [-0.39, 0.29) is 38.0 Å². The molecule has 0 aliphatic heterocycles. The quantitative estimate of drug-likeness (QED) is 0.0262. The summed E-state index contributed by atoms with van der Waals surface area (Å²) >= 11 is 0. The zero-order chi connectivity index (χ0) is 48.6. The average Bonchev–Trinajstić information content (AvgIpc) is 3.33. The van der Waals surface area contributed by atoms with Crippen molar-refractivity contribution in [1.82, 2.24) is 0 Å². The van der Waals surface area contributed by atoms with Crippen LogP contribution >= 0.6 is 0 Å². The van der Waals surface area contributed by atoms with Gasteiger partial charge in [0.15, 0.2) is 6.10 Å². The van der Waals surface area contributed by atoms with Crippen molar-refractivity contribution in [3.05, 3.63) is 134 Å². The van der Waals surface area contributed by atoms with E-state index in [1.807, 2.05) is 6.08 Å². The van der Waals surface area contributed by atoms with Crippen molar-refractivity contribution in [1.29, 1.82) is 0 Å². The molecule has 0 fully saturated rings. The van der Waals surface area contributed by atoms with Gasteiger partial charge in [0.05, 0.1) is 6.42 Å². The van der Waals surface area contributed by atoms with Crippen molar-refractivity contribution < 1.29 is 28.6 Å². The monoisotopic (exact) mass is 925 g/mol. The summed E-state index contributed by atoms with van der Waals surface area (Å²) in [7, 11) is 0. The van der Waals surface area contributed by atoms with E-state index in [4.69, 9.17) is 14.2 Å². The molecule has 1 atom stereocenters. The van der Waals surface area contributed by atoms with Gasteiger partial charge < -0.3 is 14.2 Å². The van der Waals surface area contributed by atoms with Crippen molar-refractivity contribution in [3.63, 3.8) is 0 Å². The minimum atomic E-state index is -0.837. The molecule has 376 valence electrons. The van der Waals surface area contributed by atoms with Gasteiger partial charge in [-0.3, -0.25) is 14.4 Å². The molecule has 0 bridgehead atoms. The zero-order valence-electron chi connectivity index (χ0n) is 42.9. The number of hydrogen-bond donors (Lipinski definition) is 0. The molecule has 0 spiro atoms. The maximum atomic E-state index is 12.8. The number of allylic oxidation sites excluding steroid dienone is 21. The molecule has 0 heterocycles. The van der Waals surface area contributed by atoms with Gasteiger partial charge in [0, 0.05) is 12.8 Å². The second kappa shape index (κ2) is 54.2. The van der Waals surface area contributed by atoms with E-state index in [9.17, 15) is 14.4 Å². The molecule has 0 saturated carbocycles. The second-order valence-corrected chi connectivity index (χ2v) is 17.0. The molecule has 0 N–H and O–H groups in total. The summed E-state index contributed by atoms with van der Waals surface area (Å²) in [5, 5.41) is 0. The predicted octanol–water partition coefficient (Wildman–Crippen LogP) is 17.9. The first-order valence-corrected chi connectivity index (χ1v) is 26.7. The highest BCUT2D eigenvalue weighted by atomic mass is 16.6. The lowest BCUT2D eigenvalue weighted by molar-refractivity contribution is -0.166. The Morgan fingerprint density at radius 2 is 0.642 bits per heavy atom. The van der Waals surface area contributed by atoms with Crippen molar-refractivity contribution in [3.8, 4) is 0 Å². The third-order valence-electron chi connectivity index (χ3n) is 10.7. The summed E-state index contributed by atoms with van der Waals surface area (Å²) in [5.41, 5.74) is 0. The Kier molecular flexibility index (Phi) is 50.6. The summed E-state index contributed by atoms with van der Waals surface area (Å²) in [6, 6.07) is 0. The highest BCUT2D eigenvalue weighted by molar-refractivity contribution is 5.72. The van der Waals surface area contributed by atoms with Gasteiger partial charge in [-0.05, 0) is 116 Å². The third-order valence-corrected chi connectivity index (χ3v) is 10.7. The standard InChI is InChI=1S/C61H96O6/c1-4-7-10-13-16-19-22-25-28-30-33-36-39-42-45-48-51-54-60(63)66-57-58(56-65-59(62)53-50-47-44-41-38-35-32-27-24-21-18-15-12-9-6-3)67-61(64)55-52-49-46-43-40-37-34-31-29-26-23-20-17-14-11-8-5-2/h7,9-10,12,16-21,25-29,32-33,36,38,41,47,50,58H,4-6,8,11,13-15,22-24,30-31,34-35,37,39-40,42-46,48-49,51-57H2,1-3H3/b10-7-,12-9-,19-16-,20-17-,21-18-,28-25-,29-26-,32-27-,36-33-,41-38-,50-47-. The van der Waals surface area contributed by atoms with E-state index < -0.39 is 12.1 Å². The van der Waals surface area contributed by atoms with Crippen LogP contribution in [0, 0.1) is 0 Å². The van der Waals surface area contributed by atoms with Crippen LogP contribution in [0.1, 0.15) is 213 Å². The highest BCUT2D eigenvalue weighted by Crippen LogP contribution is 2.13. The number of unbranched alkanes of at least 4 members (excludes halogenated alkanes) is 14. The first-order chi connectivity index (χ1) is 33.0. The van der Waals surface area contributed by atoms with Crippen molar-refractivity contribution in [2.24, 2.45) is 0 Å². The fourth-order valence-electron chi connectivity index (χ4n) is 6.71. The molecule has 0 radical (unpaired) electrons. The normalized spacial score (nSPS) is 13.2. The van der Waals surface area contributed by atoms with Crippen LogP contribution in [-0.4, -0.2) is 37.2 Å². The van der Waals surface area contributed by atoms with Crippen LogP contribution in [0.4, 0.5) is 0 Å². The number of carbonyl (C=O) groups is 3. The van der Waals surface area contributed by atoms with Gasteiger partial charge in [-0.15, -0.1) is 0 Å². The average molecular weight is 925 g/mol. The molecule has 0 saturated heterocycles. The Bertz CT molecular complexity index is 1480. The van der Waals surface area contributed by atoms with E-state index in [1.54, 1.807) is 6.08 Å². The van der Waals surface area contributed by atoms with Crippen LogP contribution in [0.25, 0.3) is 0 Å². The van der Waals surface area contributed by atoms with Gasteiger partial charge in [0.1, 0.15) is 13.2 Å². The molecule has 0 aromatic heterocycles. The lowest BCUT2D eigenvalue weighted by Gasteiger charge is -2.18. The fourth-order valence-corrected chi connectivity index (χ4v) is 6.71. The van der Waals surface area contributed by atoms with Crippen LogP contribution in [0.3, 0.4) is 0 Å². The molecule has 0 aromatic rings. The zero-order valence-corrected chi connectivity index (χ0v) is 42.9. The maximum Gasteiger partial charge on any atom is 0.309 e. The largest absolute Gasteiger partial charge is 0.462 e. The molecule has 6 heteroatoms. The van der Waals surface area contributed by atoms with Gasteiger partial charge >= 0.3 is 17.9 Å². The molecule has 6 nitrogen and oxygen atoms in total. The van der Waals surface area contributed by atoms with Crippen molar-refractivity contribution in [2.45, 2.75) is 219 Å². The molecule has 67 heavy (non-hydrogen) atoms. The SMILES string of the molecule is CC/C=C\C/C=C\C/C=C\C/C=C\C/C=C\CC(=O)OCC(COC(=O)CCCCCC/C=C\C/C=C\C/C=C\C/C=C\CC)OC(=O)CCCCCCCCC/C=C\C/C=C\CCCCC. The number of rotatable bonds is 46. The minimum absolute atomic E-state index is 0.115. The van der Waals surface area contributed by atoms with Crippen molar-refractivity contribution in [2.75, 3.05) is 13.2 Å². The van der Waals surface area contributed by atoms with Gasteiger partial charge in [-0.25, -0.2) is 0 Å². The van der Waals surface area contributed by atoms with Gasteiger partial charge in [0.25, 0.3) is 0 Å². The van der Waals surface area contributed by atoms with E-state index in [0.717, 1.165) is 128 Å². The number of esters is 3. The fraction of sp³-hybridized carbons (Fsp3) is 0.590. The number of carbonyl (C=O) groups excluding carboxylic acids is 3. The lowest BCUT2D eigenvalue weighted by atomic mass is 10.1. The van der Waals surface area contributed by atoms with E-state index in [1.165, 1.54) is 44.9 Å². The summed E-state index contributed by atoms with van der Waals surface area (Å²) in [6.45, 7) is 6.25. The lowest BCUT2D eigenvalue weighted by Crippen LogP contribution is -2.30. The van der Waals surface area contributed by atoms with Gasteiger partial charge in [0.2, 0.25) is 0 Å². The van der Waals surface area contributed by atoms with Crippen molar-refractivity contribution >= 4 is 17.9 Å². The maximum absolute atomic E-state index is 12.8. The molecule has 0 rings (SSSR count). The van der Waals surface area contributed by atoms with Gasteiger partial charge in [-0.2, -0.15) is 0 Å². The van der Waals surface area contributed by atoms with E-state index in [0.29, 0.717) is 6.42 Å². The first-order valence-electron chi connectivity index (χ1n) is 26.7. The van der Waals surface area contributed by atoms with Crippen LogP contribution < -0.4 is 0 Å². The van der Waals surface area contributed by atoms with Gasteiger partial charge in [-0.1, -0.05) is 212 Å². The molecule has 0 aromatic carbocycles. The molecule has 0 aliphatic rings. The molecule has 1 unspecified atom stereocenters. The number of ether oxygens (including phenoxy) is 3. The second-order valence-electron chi connectivity index (χ2n) is 17.0. The molecular formula is C61H96O6. The summed E-state index contributed by atoms with van der Waals surface area (Å²) < 4.78 is 16.7. The Morgan fingerprint density at radius 1 is 0.328 bits per heavy atom. The number of hydrogen-bond acceptors (Lipinski definition) is 6. The summed E-state index contributed by atoms with van der Waals surface area (Å²) in [5.74, 6) is -1.10. The topological polar surface area (TPSA) is 78.9 Å². The Hall–Kier alpha value is -4.45. The van der Waals surface area contributed by atoms with Crippen LogP contribution in [0.2, 0.25) is 0 Å². The Morgan fingerprint density at radius 3 is 1.04 bits per heavy atom. The summed E-state index contributed by atoms with van der Waals surface area (Å²) in [4.78, 5) is 38.0. The first kappa shape index (κ1) is 62.5. The minimum Gasteiger partial charge on any atom is -0.462 e. The molecule has 0 amide bonds. The van der Waals surface area contributed by atoms with Crippen LogP contribution in [0.15, 0.2) is 134 Å².